The van der Waals surface area contributed by atoms with Crippen molar-refractivity contribution in [2.75, 3.05) is 13.2 Å². The molecule has 1 saturated heterocycles. The van der Waals surface area contributed by atoms with Crippen LogP contribution in [0.2, 0.25) is 0 Å². The van der Waals surface area contributed by atoms with Crippen molar-refractivity contribution in [2.45, 2.75) is 204 Å². The van der Waals surface area contributed by atoms with Crippen LogP contribution in [-0.4, -0.2) is 98.7 Å². The maximum atomic E-state index is 12.9. The fourth-order valence-corrected chi connectivity index (χ4v) is 6.11. The summed E-state index contributed by atoms with van der Waals surface area (Å²) >= 11 is 0. The van der Waals surface area contributed by atoms with Gasteiger partial charge in [0.25, 0.3) is 0 Å². The van der Waals surface area contributed by atoms with Crippen molar-refractivity contribution in [1.29, 1.82) is 0 Å². The van der Waals surface area contributed by atoms with Gasteiger partial charge < -0.3 is 45.4 Å². The molecule has 0 aromatic carbocycles. The van der Waals surface area contributed by atoms with Gasteiger partial charge in [0.05, 0.1) is 25.4 Å². The van der Waals surface area contributed by atoms with E-state index in [1.807, 2.05) is 6.08 Å². The number of unbranched alkanes of at least 4 members (excludes halogenated alkanes) is 17. The number of hydrogen-bond donors (Lipinski definition) is 7. The lowest BCUT2D eigenvalue weighted by Crippen LogP contribution is -2.60. The molecule has 1 rings (SSSR count). The molecule has 1 aliphatic heterocycles. The van der Waals surface area contributed by atoms with Gasteiger partial charge in [-0.05, 0) is 57.8 Å². The van der Waals surface area contributed by atoms with Gasteiger partial charge in [0.2, 0.25) is 5.91 Å². The number of allylic oxidation sites excluding steroid dienone is 5. The fourth-order valence-electron chi connectivity index (χ4n) is 6.11. The molecular formula is C41H75NO9. The molecule has 10 heteroatoms. The minimum absolute atomic E-state index is 0.272. The Hall–Kier alpha value is -1.63. The highest BCUT2D eigenvalue weighted by Gasteiger charge is 2.44. The summed E-state index contributed by atoms with van der Waals surface area (Å²) in [6.07, 6.45) is 26.7. The lowest BCUT2D eigenvalue weighted by Gasteiger charge is -2.40. The number of ether oxygens (including phenoxy) is 2. The van der Waals surface area contributed by atoms with E-state index in [2.05, 4.69) is 43.5 Å². The second-order valence-corrected chi connectivity index (χ2v) is 14.2. The Bertz CT molecular complexity index is 912. The van der Waals surface area contributed by atoms with Gasteiger partial charge >= 0.3 is 0 Å². The maximum Gasteiger partial charge on any atom is 0.249 e. The van der Waals surface area contributed by atoms with Gasteiger partial charge in [0.1, 0.15) is 30.5 Å². The molecule has 0 saturated carbocycles. The average molecular weight is 726 g/mol. The van der Waals surface area contributed by atoms with Crippen LogP contribution in [-0.2, 0) is 14.3 Å². The Labute approximate surface area is 309 Å². The van der Waals surface area contributed by atoms with E-state index in [1.165, 1.54) is 89.9 Å². The van der Waals surface area contributed by atoms with Crippen LogP contribution in [0.3, 0.4) is 0 Å². The lowest BCUT2D eigenvalue weighted by atomic mass is 9.99. The molecule has 0 aromatic heterocycles. The van der Waals surface area contributed by atoms with Gasteiger partial charge in [-0.3, -0.25) is 4.79 Å². The second-order valence-electron chi connectivity index (χ2n) is 14.2. The molecule has 51 heavy (non-hydrogen) atoms. The predicted molar refractivity (Wildman–Crippen MR) is 204 cm³/mol. The molecule has 1 heterocycles. The van der Waals surface area contributed by atoms with E-state index < -0.39 is 61.5 Å². The largest absolute Gasteiger partial charge is 0.394 e. The zero-order valence-corrected chi connectivity index (χ0v) is 32.0. The number of hydrogen-bond acceptors (Lipinski definition) is 9. The van der Waals surface area contributed by atoms with Gasteiger partial charge in [0.15, 0.2) is 6.29 Å². The molecule has 7 N–H and O–H groups in total. The summed E-state index contributed by atoms with van der Waals surface area (Å²) in [5.74, 6) is -0.646. The lowest BCUT2D eigenvalue weighted by molar-refractivity contribution is -0.302. The molecule has 1 fully saturated rings. The zero-order chi connectivity index (χ0) is 37.5. The zero-order valence-electron chi connectivity index (χ0n) is 32.0. The van der Waals surface area contributed by atoms with E-state index in [4.69, 9.17) is 9.47 Å². The molecule has 0 aliphatic carbocycles. The summed E-state index contributed by atoms with van der Waals surface area (Å²) in [4.78, 5) is 12.9. The van der Waals surface area contributed by atoms with Crippen molar-refractivity contribution in [3.8, 4) is 0 Å². The van der Waals surface area contributed by atoms with Gasteiger partial charge in [-0.15, -0.1) is 0 Å². The third-order valence-corrected chi connectivity index (χ3v) is 9.54. The Morgan fingerprint density at radius 2 is 1.16 bits per heavy atom. The molecule has 0 spiro atoms. The van der Waals surface area contributed by atoms with Gasteiger partial charge in [-0.2, -0.15) is 0 Å². The topological polar surface area (TPSA) is 169 Å². The first-order valence-corrected chi connectivity index (χ1v) is 20.3. The molecule has 1 amide bonds. The highest BCUT2D eigenvalue weighted by Crippen LogP contribution is 2.22. The van der Waals surface area contributed by atoms with Crippen molar-refractivity contribution in [3.63, 3.8) is 0 Å². The smallest absolute Gasteiger partial charge is 0.249 e. The monoisotopic (exact) mass is 726 g/mol. The first kappa shape index (κ1) is 47.4. The van der Waals surface area contributed by atoms with Crippen molar-refractivity contribution >= 4 is 5.91 Å². The van der Waals surface area contributed by atoms with Crippen LogP contribution in [0.15, 0.2) is 36.5 Å². The third kappa shape index (κ3) is 22.9. The first-order valence-electron chi connectivity index (χ1n) is 20.3. The molecule has 0 aromatic rings. The minimum atomic E-state index is -1.62. The molecule has 0 radical (unpaired) electrons. The van der Waals surface area contributed by atoms with E-state index in [9.17, 15) is 35.4 Å². The average Bonchev–Trinajstić information content (AvgIpc) is 3.13. The van der Waals surface area contributed by atoms with E-state index in [1.54, 1.807) is 6.08 Å². The summed E-state index contributed by atoms with van der Waals surface area (Å²) in [5.41, 5.74) is 0. The molecule has 10 nitrogen and oxygen atoms in total. The SMILES string of the molecule is CCCCCCCC/C=C\CCCCC(O)C(=O)NC(COC1OC(CO)C(O)C(O)C1O)C(O)/C=C/CC/C=C/CCCCCCCCCC. The van der Waals surface area contributed by atoms with Crippen LogP contribution in [0.5, 0.6) is 0 Å². The molecule has 0 bridgehead atoms. The third-order valence-electron chi connectivity index (χ3n) is 9.54. The van der Waals surface area contributed by atoms with Crippen LogP contribution >= 0.6 is 0 Å². The second kappa shape index (κ2) is 31.9. The number of aliphatic hydroxyl groups excluding tert-OH is 6. The molecule has 8 atom stereocenters. The number of amides is 1. The highest BCUT2D eigenvalue weighted by molar-refractivity contribution is 5.80. The predicted octanol–water partition coefficient (Wildman–Crippen LogP) is 6.30. The van der Waals surface area contributed by atoms with E-state index in [0.29, 0.717) is 12.8 Å². The number of nitrogens with one attached hydrogen (secondary N) is 1. The van der Waals surface area contributed by atoms with Crippen LogP contribution < -0.4 is 5.32 Å². The van der Waals surface area contributed by atoms with Gasteiger partial charge in [0, 0.05) is 0 Å². The van der Waals surface area contributed by atoms with E-state index in [0.717, 1.165) is 32.1 Å². The number of carbonyl (C=O) groups excluding carboxylic acids is 1. The number of aliphatic hydroxyl groups is 6. The van der Waals surface area contributed by atoms with Crippen molar-refractivity contribution in [3.05, 3.63) is 36.5 Å². The quantitative estimate of drug-likeness (QED) is 0.0311. The van der Waals surface area contributed by atoms with Crippen LogP contribution in [0.1, 0.15) is 155 Å². The van der Waals surface area contributed by atoms with Crippen molar-refractivity contribution in [1.82, 2.24) is 5.32 Å². The maximum absolute atomic E-state index is 12.9. The van der Waals surface area contributed by atoms with E-state index in [-0.39, 0.29) is 13.0 Å². The number of rotatable bonds is 32. The fraction of sp³-hybridized carbons (Fsp3) is 0.829. The number of carbonyl (C=O) groups is 1. The summed E-state index contributed by atoms with van der Waals surface area (Å²) in [7, 11) is 0. The van der Waals surface area contributed by atoms with Gasteiger partial charge in [-0.25, -0.2) is 0 Å². The summed E-state index contributed by atoms with van der Waals surface area (Å²) in [6.45, 7) is 3.53. The Kier molecular flexibility index (Phi) is 29.6. The molecule has 1 aliphatic rings. The molecule has 8 unspecified atom stereocenters. The van der Waals surface area contributed by atoms with Crippen LogP contribution in [0.4, 0.5) is 0 Å². The standard InChI is InChI=1S/C41H75NO9/c1-3-5-7-9-11-13-15-17-18-20-21-23-25-27-29-34(44)33(32-50-41-39(48)38(47)37(46)36(31-43)51-41)42-40(49)35(45)30-28-26-24-22-19-16-14-12-10-8-6-4-2/h19-22,27,29,33-39,41,43-48H,3-18,23-26,28,30-32H2,1-2H3,(H,42,49)/b21-20+,22-19-,29-27+. The summed E-state index contributed by atoms with van der Waals surface area (Å²) in [6, 6.07) is -1.00. The van der Waals surface area contributed by atoms with Gasteiger partial charge in [-0.1, -0.05) is 134 Å². The van der Waals surface area contributed by atoms with Crippen molar-refractivity contribution < 1.29 is 44.9 Å². The van der Waals surface area contributed by atoms with E-state index >= 15 is 0 Å². The molecular weight excluding hydrogens is 650 g/mol. The Morgan fingerprint density at radius 3 is 1.71 bits per heavy atom. The minimum Gasteiger partial charge on any atom is -0.394 e. The molecule has 298 valence electrons. The van der Waals surface area contributed by atoms with Crippen LogP contribution in [0.25, 0.3) is 0 Å². The van der Waals surface area contributed by atoms with Crippen LogP contribution in [0, 0.1) is 0 Å². The Morgan fingerprint density at radius 1 is 0.667 bits per heavy atom. The first-order chi connectivity index (χ1) is 24.8. The Balaban J connectivity index is 2.55. The normalized spacial score (nSPS) is 23.0. The summed E-state index contributed by atoms with van der Waals surface area (Å²) in [5, 5.41) is 64.3. The van der Waals surface area contributed by atoms with Crippen molar-refractivity contribution in [2.24, 2.45) is 0 Å². The summed E-state index contributed by atoms with van der Waals surface area (Å²) < 4.78 is 11.1. The highest BCUT2D eigenvalue weighted by atomic mass is 16.7.